The van der Waals surface area contributed by atoms with Crippen LogP contribution in [0.2, 0.25) is 0 Å². The number of amides is 1. The lowest BCUT2D eigenvalue weighted by Gasteiger charge is -2.09. The van der Waals surface area contributed by atoms with Gasteiger partial charge < -0.3 is 19.5 Å². The van der Waals surface area contributed by atoms with E-state index in [4.69, 9.17) is 19.2 Å². The number of anilines is 1. The molecule has 1 heterocycles. The summed E-state index contributed by atoms with van der Waals surface area (Å²) in [6.45, 7) is 0. The summed E-state index contributed by atoms with van der Waals surface area (Å²) < 4.78 is 15.9. The van der Waals surface area contributed by atoms with Gasteiger partial charge in [0.1, 0.15) is 5.75 Å². The van der Waals surface area contributed by atoms with Gasteiger partial charge in [0, 0.05) is 23.3 Å². The fraction of sp³-hybridized carbons (Fsp3) is 0.214. The topological polar surface area (TPSA) is 69.7 Å². The molecular formula is C28H28N2O4S. The van der Waals surface area contributed by atoms with E-state index in [0.717, 1.165) is 33.9 Å². The lowest BCUT2D eigenvalue weighted by molar-refractivity contribution is -0.116. The number of hydrogen-bond acceptors (Lipinski definition) is 6. The molecule has 0 aliphatic carbocycles. The fourth-order valence-electron chi connectivity index (χ4n) is 3.76. The number of carbonyl (C=O) groups is 1. The molecule has 180 valence electrons. The number of nitrogens with one attached hydrogen (secondary N) is 1. The van der Waals surface area contributed by atoms with Crippen molar-refractivity contribution in [3.8, 4) is 28.5 Å². The van der Waals surface area contributed by atoms with Crippen LogP contribution < -0.4 is 19.5 Å². The average Bonchev–Trinajstić information content (AvgIpc) is 3.29. The zero-order valence-electron chi connectivity index (χ0n) is 20.0. The Kier molecular flexibility index (Phi) is 8.00. The van der Waals surface area contributed by atoms with Gasteiger partial charge in [-0.3, -0.25) is 4.79 Å². The number of methoxy groups -OCH3 is 3. The minimum absolute atomic E-state index is 0.0823. The molecule has 0 radical (unpaired) electrons. The maximum atomic E-state index is 12.7. The number of carbonyl (C=O) groups excluding carboxylic acids is 1. The van der Waals surface area contributed by atoms with Crippen LogP contribution in [0.1, 0.15) is 22.4 Å². The highest BCUT2D eigenvalue weighted by molar-refractivity contribution is 7.16. The monoisotopic (exact) mass is 488 g/mol. The van der Waals surface area contributed by atoms with E-state index >= 15 is 0 Å². The summed E-state index contributed by atoms with van der Waals surface area (Å²) in [5.74, 6) is 2.03. The van der Waals surface area contributed by atoms with E-state index in [1.807, 2.05) is 60.7 Å². The highest BCUT2D eigenvalue weighted by atomic mass is 32.1. The summed E-state index contributed by atoms with van der Waals surface area (Å²) in [5.41, 5.74) is 4.05. The Hall–Kier alpha value is -3.84. The summed E-state index contributed by atoms with van der Waals surface area (Å²) in [7, 11) is 4.85. The van der Waals surface area contributed by atoms with Crippen LogP contribution in [0.3, 0.4) is 0 Å². The van der Waals surface area contributed by atoms with E-state index in [9.17, 15) is 4.79 Å². The molecule has 0 bridgehead atoms. The smallest absolute Gasteiger partial charge is 0.226 e. The Morgan fingerprint density at radius 3 is 2.29 bits per heavy atom. The summed E-state index contributed by atoms with van der Waals surface area (Å²) in [6.07, 6.45) is 1.65. The third-order valence-electron chi connectivity index (χ3n) is 5.60. The van der Waals surface area contributed by atoms with Gasteiger partial charge >= 0.3 is 0 Å². The van der Waals surface area contributed by atoms with Gasteiger partial charge in [-0.2, -0.15) is 0 Å². The predicted octanol–water partition coefficient (Wildman–Crippen LogP) is 6.00. The van der Waals surface area contributed by atoms with Crippen LogP contribution in [0.5, 0.6) is 17.2 Å². The van der Waals surface area contributed by atoms with Gasteiger partial charge in [0.2, 0.25) is 5.91 Å². The van der Waals surface area contributed by atoms with Crippen LogP contribution in [0.15, 0.2) is 72.8 Å². The van der Waals surface area contributed by atoms with Crippen LogP contribution >= 0.6 is 11.3 Å². The fourth-order valence-corrected chi connectivity index (χ4v) is 4.79. The Morgan fingerprint density at radius 2 is 1.60 bits per heavy atom. The van der Waals surface area contributed by atoms with Crippen LogP contribution in [0.4, 0.5) is 5.13 Å². The van der Waals surface area contributed by atoms with Crippen molar-refractivity contribution in [2.45, 2.75) is 19.3 Å². The van der Waals surface area contributed by atoms with E-state index in [0.29, 0.717) is 29.5 Å². The first-order chi connectivity index (χ1) is 17.1. The molecular weight excluding hydrogens is 460 g/mol. The van der Waals surface area contributed by atoms with Gasteiger partial charge in [-0.05, 0) is 53.9 Å². The second-order valence-electron chi connectivity index (χ2n) is 7.92. The molecule has 35 heavy (non-hydrogen) atoms. The van der Waals surface area contributed by atoms with Crippen molar-refractivity contribution in [3.05, 3.63) is 88.8 Å². The standard InChI is InChI=1S/C28H28N2O4S/c1-32-22-13-11-21(12-14-22)27-25(18-19-7-5-4-6-8-19)35-28(30-27)29-26(31)16-10-20-9-15-23(33-2)24(17-20)34-3/h4-9,11-15,17H,10,16,18H2,1-3H3,(H,29,30,31). The zero-order valence-corrected chi connectivity index (χ0v) is 20.9. The van der Waals surface area contributed by atoms with Gasteiger partial charge in [-0.1, -0.05) is 36.4 Å². The van der Waals surface area contributed by atoms with Crippen LogP contribution in [0.25, 0.3) is 11.3 Å². The molecule has 6 nitrogen and oxygen atoms in total. The Morgan fingerprint density at radius 1 is 0.857 bits per heavy atom. The van der Waals surface area contributed by atoms with E-state index in [1.165, 1.54) is 16.9 Å². The van der Waals surface area contributed by atoms with Gasteiger partial charge in [0.05, 0.1) is 27.0 Å². The minimum atomic E-state index is -0.0823. The zero-order chi connectivity index (χ0) is 24.6. The van der Waals surface area contributed by atoms with E-state index in [2.05, 4.69) is 17.4 Å². The van der Waals surface area contributed by atoms with E-state index < -0.39 is 0 Å². The maximum Gasteiger partial charge on any atom is 0.226 e. The van der Waals surface area contributed by atoms with Crippen molar-refractivity contribution in [2.75, 3.05) is 26.6 Å². The first kappa shape index (κ1) is 24.3. The molecule has 1 amide bonds. The molecule has 0 spiro atoms. The predicted molar refractivity (Wildman–Crippen MR) is 140 cm³/mol. The second-order valence-corrected chi connectivity index (χ2v) is 9.00. The van der Waals surface area contributed by atoms with Gasteiger partial charge in [0.25, 0.3) is 0 Å². The van der Waals surface area contributed by atoms with Crippen molar-refractivity contribution in [1.29, 1.82) is 0 Å². The molecule has 0 atom stereocenters. The van der Waals surface area contributed by atoms with Crippen LogP contribution in [0, 0.1) is 0 Å². The van der Waals surface area contributed by atoms with E-state index in [1.54, 1.807) is 21.3 Å². The molecule has 0 fully saturated rings. The largest absolute Gasteiger partial charge is 0.497 e. The van der Waals surface area contributed by atoms with Crippen molar-refractivity contribution >= 4 is 22.4 Å². The number of aromatic nitrogens is 1. The normalized spacial score (nSPS) is 10.6. The Bertz CT molecular complexity index is 1270. The van der Waals surface area contributed by atoms with Crippen molar-refractivity contribution in [3.63, 3.8) is 0 Å². The lowest BCUT2D eigenvalue weighted by Crippen LogP contribution is -2.12. The number of nitrogens with zero attached hydrogens (tertiary/aromatic N) is 1. The number of thiazole rings is 1. The molecule has 3 aromatic carbocycles. The first-order valence-electron chi connectivity index (χ1n) is 11.3. The summed E-state index contributed by atoms with van der Waals surface area (Å²) in [6, 6.07) is 23.8. The minimum Gasteiger partial charge on any atom is -0.497 e. The van der Waals surface area contributed by atoms with Gasteiger partial charge in [-0.25, -0.2) is 4.98 Å². The molecule has 7 heteroatoms. The Labute approximate surface area is 209 Å². The second kappa shape index (κ2) is 11.5. The molecule has 1 aromatic heterocycles. The molecule has 0 aliphatic rings. The van der Waals surface area contributed by atoms with Crippen LogP contribution in [-0.2, 0) is 17.6 Å². The van der Waals surface area contributed by atoms with E-state index in [-0.39, 0.29) is 5.91 Å². The molecule has 0 unspecified atom stereocenters. The molecule has 1 N–H and O–H groups in total. The molecule has 4 aromatic rings. The summed E-state index contributed by atoms with van der Waals surface area (Å²) in [4.78, 5) is 18.6. The van der Waals surface area contributed by atoms with Gasteiger partial charge in [0.15, 0.2) is 16.6 Å². The SMILES string of the molecule is COc1ccc(-c2nc(NC(=O)CCc3ccc(OC)c(OC)c3)sc2Cc2ccccc2)cc1. The number of benzene rings is 3. The number of rotatable bonds is 10. The third-order valence-corrected chi connectivity index (χ3v) is 6.57. The number of ether oxygens (including phenoxy) is 3. The molecule has 4 rings (SSSR count). The maximum absolute atomic E-state index is 12.7. The summed E-state index contributed by atoms with van der Waals surface area (Å²) in [5, 5.41) is 3.59. The molecule has 0 aliphatic heterocycles. The van der Waals surface area contributed by atoms with Crippen molar-refractivity contribution in [1.82, 2.24) is 4.98 Å². The van der Waals surface area contributed by atoms with Gasteiger partial charge in [-0.15, -0.1) is 11.3 Å². The highest BCUT2D eigenvalue weighted by Crippen LogP contribution is 2.34. The Balaban J connectivity index is 1.50. The highest BCUT2D eigenvalue weighted by Gasteiger charge is 2.16. The quantitative estimate of drug-likeness (QED) is 0.297. The van der Waals surface area contributed by atoms with Crippen LogP contribution in [-0.4, -0.2) is 32.2 Å². The van der Waals surface area contributed by atoms with Crippen molar-refractivity contribution < 1.29 is 19.0 Å². The van der Waals surface area contributed by atoms with Crippen molar-refractivity contribution in [2.24, 2.45) is 0 Å². The average molecular weight is 489 g/mol. The number of aryl methyl sites for hydroxylation is 1. The lowest BCUT2D eigenvalue weighted by atomic mass is 10.1. The summed E-state index contributed by atoms with van der Waals surface area (Å²) >= 11 is 1.51. The first-order valence-corrected chi connectivity index (χ1v) is 12.1. The molecule has 0 saturated carbocycles. The number of hydrogen-bond donors (Lipinski definition) is 1. The third kappa shape index (κ3) is 6.19. The molecule has 0 saturated heterocycles.